The van der Waals surface area contributed by atoms with Crippen LogP contribution in [0.5, 0.6) is 0 Å². The van der Waals surface area contributed by atoms with Crippen molar-refractivity contribution in [3.8, 4) is 0 Å². The SMILES string of the molecule is Fc1ccc(NC2CCN(c3ccc4nccnc4n3)CC2)cc1. The predicted molar refractivity (Wildman–Crippen MR) is 92.6 cm³/mol. The van der Waals surface area contributed by atoms with E-state index < -0.39 is 0 Å². The Hall–Kier alpha value is -2.76. The lowest BCUT2D eigenvalue weighted by molar-refractivity contribution is 0.524. The maximum absolute atomic E-state index is 13.0. The maximum atomic E-state index is 13.0. The standard InChI is InChI=1S/C18H18FN5/c19-13-1-3-14(4-2-13)22-15-7-11-24(12-8-15)17-6-5-16-18(23-17)21-10-9-20-16/h1-6,9-10,15,22H,7-8,11-12H2. The molecule has 1 aromatic carbocycles. The second-order valence-corrected chi connectivity index (χ2v) is 5.98. The largest absolute Gasteiger partial charge is 0.382 e. The first-order valence-electron chi connectivity index (χ1n) is 8.13. The van der Waals surface area contributed by atoms with Gasteiger partial charge in [-0.25, -0.2) is 14.4 Å². The topological polar surface area (TPSA) is 53.9 Å². The van der Waals surface area contributed by atoms with E-state index in [1.54, 1.807) is 24.5 Å². The van der Waals surface area contributed by atoms with Crippen LogP contribution in [-0.2, 0) is 0 Å². The number of aromatic nitrogens is 3. The average molecular weight is 323 g/mol. The Bertz CT molecular complexity index is 828. The van der Waals surface area contributed by atoms with Crippen molar-refractivity contribution in [1.82, 2.24) is 15.0 Å². The molecule has 0 saturated carbocycles. The van der Waals surface area contributed by atoms with Crippen LogP contribution in [0.3, 0.4) is 0 Å². The lowest BCUT2D eigenvalue weighted by atomic mass is 10.0. The van der Waals surface area contributed by atoms with Crippen LogP contribution < -0.4 is 10.2 Å². The molecule has 122 valence electrons. The van der Waals surface area contributed by atoms with E-state index in [9.17, 15) is 4.39 Å². The number of nitrogens with one attached hydrogen (secondary N) is 1. The highest BCUT2D eigenvalue weighted by Gasteiger charge is 2.20. The third-order valence-electron chi connectivity index (χ3n) is 4.35. The van der Waals surface area contributed by atoms with Crippen LogP contribution in [0, 0.1) is 5.82 Å². The van der Waals surface area contributed by atoms with E-state index >= 15 is 0 Å². The molecule has 0 unspecified atom stereocenters. The number of hydrogen-bond donors (Lipinski definition) is 1. The van der Waals surface area contributed by atoms with Crippen molar-refractivity contribution in [2.75, 3.05) is 23.3 Å². The number of hydrogen-bond acceptors (Lipinski definition) is 5. The van der Waals surface area contributed by atoms with Gasteiger partial charge in [0.05, 0.1) is 0 Å². The van der Waals surface area contributed by atoms with E-state index in [1.807, 2.05) is 12.1 Å². The number of anilines is 2. The molecular weight excluding hydrogens is 305 g/mol. The summed E-state index contributed by atoms with van der Waals surface area (Å²) in [5.41, 5.74) is 2.46. The molecule has 0 amide bonds. The summed E-state index contributed by atoms with van der Waals surface area (Å²) in [6, 6.07) is 10.9. The summed E-state index contributed by atoms with van der Waals surface area (Å²) in [5.74, 6) is 0.740. The molecule has 0 spiro atoms. The molecule has 24 heavy (non-hydrogen) atoms. The van der Waals surface area contributed by atoms with Gasteiger partial charge in [0, 0.05) is 37.2 Å². The molecule has 1 aliphatic heterocycles. The first-order valence-corrected chi connectivity index (χ1v) is 8.13. The molecule has 6 heteroatoms. The average Bonchev–Trinajstić information content (AvgIpc) is 2.64. The normalized spacial score (nSPS) is 15.6. The molecule has 1 aliphatic rings. The highest BCUT2D eigenvalue weighted by atomic mass is 19.1. The third-order valence-corrected chi connectivity index (χ3v) is 4.35. The lowest BCUT2D eigenvalue weighted by Crippen LogP contribution is -2.39. The number of halogens is 1. The molecule has 1 saturated heterocycles. The number of piperidine rings is 1. The fraction of sp³-hybridized carbons (Fsp3) is 0.278. The maximum Gasteiger partial charge on any atom is 0.180 e. The van der Waals surface area contributed by atoms with E-state index in [4.69, 9.17) is 0 Å². The number of fused-ring (bicyclic) bond motifs is 1. The Kier molecular flexibility index (Phi) is 3.94. The molecule has 5 nitrogen and oxygen atoms in total. The van der Waals surface area contributed by atoms with Gasteiger partial charge < -0.3 is 10.2 Å². The molecule has 1 fully saturated rings. The smallest absolute Gasteiger partial charge is 0.180 e. The fourth-order valence-electron chi connectivity index (χ4n) is 3.06. The summed E-state index contributed by atoms with van der Waals surface area (Å²) in [6.07, 6.45) is 5.36. The highest BCUT2D eigenvalue weighted by Crippen LogP contribution is 2.22. The summed E-state index contributed by atoms with van der Waals surface area (Å²) in [7, 11) is 0. The van der Waals surface area contributed by atoms with Crippen molar-refractivity contribution in [2.24, 2.45) is 0 Å². The third kappa shape index (κ3) is 3.13. The molecule has 0 radical (unpaired) electrons. The van der Waals surface area contributed by atoms with E-state index in [1.165, 1.54) is 12.1 Å². The van der Waals surface area contributed by atoms with Gasteiger partial charge in [-0.1, -0.05) is 0 Å². The molecule has 2 aromatic heterocycles. The molecule has 0 bridgehead atoms. The fourth-order valence-corrected chi connectivity index (χ4v) is 3.06. The van der Waals surface area contributed by atoms with Crippen LogP contribution in [-0.4, -0.2) is 34.1 Å². The Morgan fingerprint density at radius 2 is 1.71 bits per heavy atom. The molecule has 3 aromatic rings. The van der Waals surface area contributed by atoms with Crippen LogP contribution >= 0.6 is 0 Å². The summed E-state index contributed by atoms with van der Waals surface area (Å²) in [4.78, 5) is 15.4. The van der Waals surface area contributed by atoms with Gasteiger partial charge in [-0.05, 0) is 49.2 Å². The lowest BCUT2D eigenvalue weighted by Gasteiger charge is -2.33. The Morgan fingerprint density at radius 1 is 0.958 bits per heavy atom. The summed E-state index contributed by atoms with van der Waals surface area (Å²) >= 11 is 0. The van der Waals surface area contributed by atoms with Gasteiger partial charge in [-0.15, -0.1) is 0 Å². The molecular formula is C18H18FN5. The Morgan fingerprint density at radius 3 is 2.50 bits per heavy atom. The number of rotatable bonds is 3. The van der Waals surface area contributed by atoms with Gasteiger partial charge in [0.2, 0.25) is 0 Å². The minimum atomic E-state index is -0.208. The quantitative estimate of drug-likeness (QED) is 0.802. The molecule has 4 rings (SSSR count). The van der Waals surface area contributed by atoms with E-state index in [2.05, 4.69) is 25.2 Å². The highest BCUT2D eigenvalue weighted by molar-refractivity contribution is 5.71. The second kappa shape index (κ2) is 6.39. The van der Waals surface area contributed by atoms with Gasteiger partial charge in [-0.2, -0.15) is 0 Å². The van der Waals surface area contributed by atoms with Crippen LogP contribution in [0.15, 0.2) is 48.8 Å². The van der Waals surface area contributed by atoms with Gasteiger partial charge in [0.15, 0.2) is 5.65 Å². The molecule has 0 atom stereocenters. The molecule has 1 N–H and O–H groups in total. The van der Waals surface area contributed by atoms with Crippen molar-refractivity contribution in [3.05, 3.63) is 54.6 Å². The zero-order valence-corrected chi connectivity index (χ0v) is 13.2. The van der Waals surface area contributed by atoms with Crippen LogP contribution in [0.1, 0.15) is 12.8 Å². The summed E-state index contributed by atoms with van der Waals surface area (Å²) in [6.45, 7) is 1.86. The van der Waals surface area contributed by atoms with E-state index in [-0.39, 0.29) is 5.82 Å². The summed E-state index contributed by atoms with van der Waals surface area (Å²) < 4.78 is 13.0. The van der Waals surface area contributed by atoms with Crippen LogP contribution in [0.25, 0.3) is 11.2 Å². The minimum absolute atomic E-state index is 0.208. The Balaban J connectivity index is 1.40. The van der Waals surface area contributed by atoms with E-state index in [0.717, 1.165) is 43.0 Å². The first kappa shape index (κ1) is 14.8. The van der Waals surface area contributed by atoms with Gasteiger partial charge in [0.1, 0.15) is 17.2 Å². The number of pyridine rings is 1. The predicted octanol–water partition coefficient (Wildman–Crippen LogP) is 3.24. The van der Waals surface area contributed by atoms with Crippen molar-refractivity contribution >= 4 is 22.7 Å². The zero-order chi connectivity index (χ0) is 16.4. The van der Waals surface area contributed by atoms with Crippen LogP contribution in [0.4, 0.5) is 15.9 Å². The monoisotopic (exact) mass is 323 g/mol. The number of benzene rings is 1. The zero-order valence-electron chi connectivity index (χ0n) is 13.2. The van der Waals surface area contributed by atoms with Gasteiger partial charge >= 0.3 is 0 Å². The van der Waals surface area contributed by atoms with Gasteiger partial charge in [-0.3, -0.25) is 4.98 Å². The molecule has 3 heterocycles. The van der Waals surface area contributed by atoms with Crippen LogP contribution in [0.2, 0.25) is 0 Å². The van der Waals surface area contributed by atoms with Crippen molar-refractivity contribution in [2.45, 2.75) is 18.9 Å². The second-order valence-electron chi connectivity index (χ2n) is 5.98. The van der Waals surface area contributed by atoms with Crippen molar-refractivity contribution < 1.29 is 4.39 Å². The van der Waals surface area contributed by atoms with Gasteiger partial charge in [0.25, 0.3) is 0 Å². The minimum Gasteiger partial charge on any atom is -0.382 e. The van der Waals surface area contributed by atoms with Crippen molar-refractivity contribution in [3.63, 3.8) is 0 Å². The summed E-state index contributed by atoms with van der Waals surface area (Å²) in [5, 5.41) is 3.47. The van der Waals surface area contributed by atoms with Crippen molar-refractivity contribution in [1.29, 1.82) is 0 Å². The van der Waals surface area contributed by atoms with E-state index in [0.29, 0.717) is 11.7 Å². The molecule has 0 aliphatic carbocycles. The number of nitrogens with zero attached hydrogens (tertiary/aromatic N) is 4. The Labute approximate surface area is 139 Å². The first-order chi connectivity index (χ1) is 11.8.